The molecule has 1 heteroatoms. The van der Waals surface area contributed by atoms with Gasteiger partial charge in [0.2, 0.25) is 0 Å². The lowest BCUT2D eigenvalue weighted by Gasteiger charge is -2.34. The number of ketones is 1. The number of benzene rings is 5. The molecule has 0 amide bonds. The SMILES string of the molecule is O=C(/C=C(/CCc1ccccc1)c1ccccc1)C(c1ccccc1)(c1ccccc1)c1ccccc1. The third-order valence-electron chi connectivity index (χ3n) is 6.97. The van der Waals surface area contributed by atoms with E-state index in [1.807, 2.05) is 84.9 Å². The van der Waals surface area contributed by atoms with Crippen LogP contribution >= 0.6 is 0 Å². The highest BCUT2D eigenvalue weighted by Gasteiger charge is 2.42. The van der Waals surface area contributed by atoms with Gasteiger partial charge in [0.05, 0.1) is 0 Å². The van der Waals surface area contributed by atoms with E-state index in [0.717, 1.165) is 40.7 Å². The van der Waals surface area contributed by atoms with Crippen LogP contribution in [0.3, 0.4) is 0 Å². The average molecular weight is 479 g/mol. The highest BCUT2D eigenvalue weighted by atomic mass is 16.1. The van der Waals surface area contributed by atoms with Gasteiger partial charge >= 0.3 is 0 Å². The molecule has 37 heavy (non-hydrogen) atoms. The molecule has 0 aliphatic carbocycles. The Kier molecular flexibility index (Phi) is 7.52. The second-order valence-electron chi connectivity index (χ2n) is 9.23. The number of aryl methyl sites for hydroxylation is 1. The lowest BCUT2D eigenvalue weighted by atomic mass is 9.66. The molecule has 0 aliphatic heterocycles. The van der Waals surface area contributed by atoms with Crippen LogP contribution in [0.5, 0.6) is 0 Å². The van der Waals surface area contributed by atoms with Crippen molar-refractivity contribution in [3.63, 3.8) is 0 Å². The van der Waals surface area contributed by atoms with E-state index in [2.05, 4.69) is 72.8 Å². The van der Waals surface area contributed by atoms with Crippen LogP contribution in [0.15, 0.2) is 158 Å². The molecule has 0 saturated heterocycles. The molecule has 0 atom stereocenters. The number of allylic oxidation sites excluding steroid dienone is 2. The summed E-state index contributed by atoms with van der Waals surface area (Å²) in [7, 11) is 0. The number of carbonyl (C=O) groups is 1. The summed E-state index contributed by atoms with van der Waals surface area (Å²) >= 11 is 0. The second-order valence-corrected chi connectivity index (χ2v) is 9.23. The summed E-state index contributed by atoms with van der Waals surface area (Å²) in [6.07, 6.45) is 3.53. The molecule has 5 rings (SSSR count). The molecule has 0 fully saturated rings. The van der Waals surface area contributed by atoms with Crippen molar-refractivity contribution in [3.8, 4) is 0 Å². The summed E-state index contributed by atoms with van der Waals surface area (Å²) in [5.74, 6) is 0.0583. The standard InChI is InChI=1S/C36H30O/c37-35(28-31(30-18-8-2-9-19-30)27-26-29-16-6-1-7-17-29)36(32-20-10-3-11-21-32,33-22-12-4-13-23-33)34-24-14-5-15-25-34/h1-25,28H,26-27H2/b31-28-. The number of hydrogen-bond acceptors (Lipinski definition) is 1. The summed E-state index contributed by atoms with van der Waals surface area (Å²) in [5, 5.41) is 0. The summed E-state index contributed by atoms with van der Waals surface area (Å²) in [6.45, 7) is 0. The molecule has 0 N–H and O–H groups in total. The van der Waals surface area contributed by atoms with Crippen molar-refractivity contribution >= 4 is 11.4 Å². The van der Waals surface area contributed by atoms with Gasteiger partial charge in [-0.05, 0) is 52.3 Å². The van der Waals surface area contributed by atoms with E-state index in [9.17, 15) is 4.79 Å². The van der Waals surface area contributed by atoms with Crippen molar-refractivity contribution in [1.29, 1.82) is 0 Å². The Morgan fingerprint density at radius 2 is 0.892 bits per heavy atom. The predicted octanol–water partition coefficient (Wildman–Crippen LogP) is 8.31. The van der Waals surface area contributed by atoms with Gasteiger partial charge in [0.25, 0.3) is 0 Å². The fraction of sp³-hybridized carbons (Fsp3) is 0.0833. The largest absolute Gasteiger partial charge is 0.293 e. The maximum absolute atomic E-state index is 14.8. The van der Waals surface area contributed by atoms with Crippen molar-refractivity contribution in [1.82, 2.24) is 0 Å². The zero-order valence-corrected chi connectivity index (χ0v) is 20.8. The lowest BCUT2D eigenvalue weighted by molar-refractivity contribution is -0.117. The third-order valence-corrected chi connectivity index (χ3v) is 6.97. The molecule has 0 radical (unpaired) electrons. The molecule has 180 valence electrons. The Morgan fingerprint density at radius 3 is 1.32 bits per heavy atom. The van der Waals surface area contributed by atoms with Gasteiger partial charge in [-0.25, -0.2) is 0 Å². The highest BCUT2D eigenvalue weighted by Crippen LogP contribution is 2.41. The van der Waals surface area contributed by atoms with Gasteiger partial charge in [-0.3, -0.25) is 4.79 Å². The Bertz CT molecular complexity index is 1340. The number of hydrogen-bond donors (Lipinski definition) is 0. The molecule has 0 aliphatic rings. The van der Waals surface area contributed by atoms with Crippen LogP contribution in [-0.4, -0.2) is 5.78 Å². The van der Waals surface area contributed by atoms with Gasteiger partial charge in [-0.15, -0.1) is 0 Å². The minimum Gasteiger partial charge on any atom is -0.293 e. The van der Waals surface area contributed by atoms with Gasteiger partial charge in [0, 0.05) is 0 Å². The molecule has 5 aromatic rings. The Labute approximate surface area is 219 Å². The molecule has 0 spiro atoms. The summed E-state index contributed by atoms with van der Waals surface area (Å²) in [4.78, 5) is 14.8. The van der Waals surface area contributed by atoms with Crippen molar-refractivity contribution in [3.05, 3.63) is 186 Å². The van der Waals surface area contributed by atoms with Crippen molar-refractivity contribution in [2.45, 2.75) is 18.3 Å². The Morgan fingerprint density at radius 1 is 0.514 bits per heavy atom. The fourth-order valence-corrected chi connectivity index (χ4v) is 5.13. The van der Waals surface area contributed by atoms with Crippen LogP contribution in [0.1, 0.15) is 34.2 Å². The smallest absolute Gasteiger partial charge is 0.175 e. The monoisotopic (exact) mass is 478 g/mol. The van der Waals surface area contributed by atoms with Crippen molar-refractivity contribution < 1.29 is 4.79 Å². The summed E-state index contributed by atoms with van der Waals surface area (Å²) in [6, 6.07) is 51.2. The lowest BCUT2D eigenvalue weighted by Crippen LogP contribution is -2.37. The quantitative estimate of drug-likeness (QED) is 0.154. The summed E-state index contributed by atoms with van der Waals surface area (Å²) in [5.41, 5.74) is 5.31. The molecular weight excluding hydrogens is 448 g/mol. The molecule has 0 bridgehead atoms. The normalized spacial score (nSPS) is 11.7. The van der Waals surface area contributed by atoms with Crippen molar-refractivity contribution in [2.75, 3.05) is 0 Å². The third kappa shape index (κ3) is 5.22. The van der Waals surface area contributed by atoms with E-state index in [1.54, 1.807) is 0 Å². The first-order valence-corrected chi connectivity index (χ1v) is 12.8. The van der Waals surface area contributed by atoms with Gasteiger partial charge in [-0.2, -0.15) is 0 Å². The average Bonchev–Trinajstić information content (AvgIpc) is 2.98. The van der Waals surface area contributed by atoms with E-state index >= 15 is 0 Å². The van der Waals surface area contributed by atoms with Crippen molar-refractivity contribution in [2.24, 2.45) is 0 Å². The molecule has 0 unspecified atom stereocenters. The maximum Gasteiger partial charge on any atom is 0.175 e. The first-order valence-electron chi connectivity index (χ1n) is 12.8. The van der Waals surface area contributed by atoms with E-state index in [0.29, 0.717) is 0 Å². The topological polar surface area (TPSA) is 17.1 Å². The zero-order chi connectivity index (χ0) is 25.3. The minimum atomic E-state index is -0.962. The van der Waals surface area contributed by atoms with Gasteiger partial charge in [0.1, 0.15) is 5.41 Å². The van der Waals surface area contributed by atoms with Crippen LogP contribution < -0.4 is 0 Å². The van der Waals surface area contributed by atoms with Gasteiger partial charge in [0.15, 0.2) is 5.78 Å². The molecule has 1 nitrogen and oxygen atoms in total. The van der Waals surface area contributed by atoms with E-state index in [1.165, 1.54) is 5.56 Å². The highest BCUT2D eigenvalue weighted by molar-refractivity contribution is 6.08. The molecule has 0 aromatic heterocycles. The van der Waals surface area contributed by atoms with E-state index < -0.39 is 5.41 Å². The second kappa shape index (κ2) is 11.5. The van der Waals surface area contributed by atoms with Crippen LogP contribution in [0.2, 0.25) is 0 Å². The zero-order valence-electron chi connectivity index (χ0n) is 20.8. The fourth-order valence-electron chi connectivity index (χ4n) is 5.13. The van der Waals surface area contributed by atoms with Gasteiger partial charge in [-0.1, -0.05) is 152 Å². The van der Waals surface area contributed by atoms with Crippen LogP contribution in [0, 0.1) is 0 Å². The Hall–Kier alpha value is -4.49. The maximum atomic E-state index is 14.8. The van der Waals surface area contributed by atoms with Crippen LogP contribution in [0.25, 0.3) is 5.57 Å². The molecule has 0 heterocycles. The first kappa shape index (κ1) is 24.2. The number of rotatable bonds is 9. The summed E-state index contributed by atoms with van der Waals surface area (Å²) < 4.78 is 0. The minimum absolute atomic E-state index is 0.0583. The van der Waals surface area contributed by atoms with Crippen LogP contribution in [0.4, 0.5) is 0 Å². The molecular formula is C36H30O. The predicted molar refractivity (Wildman–Crippen MR) is 153 cm³/mol. The molecule has 5 aromatic carbocycles. The Balaban J connectivity index is 1.69. The molecule has 0 saturated carbocycles. The number of carbonyl (C=O) groups excluding carboxylic acids is 1. The van der Waals surface area contributed by atoms with E-state index in [-0.39, 0.29) is 5.78 Å². The van der Waals surface area contributed by atoms with Crippen LogP contribution in [-0.2, 0) is 16.6 Å². The van der Waals surface area contributed by atoms with E-state index in [4.69, 9.17) is 0 Å². The first-order chi connectivity index (χ1) is 18.3. The van der Waals surface area contributed by atoms with Gasteiger partial charge < -0.3 is 0 Å².